The van der Waals surface area contributed by atoms with Crippen molar-refractivity contribution in [2.45, 2.75) is 0 Å². The molecule has 0 atom stereocenters. The van der Waals surface area contributed by atoms with Crippen molar-refractivity contribution in [3.05, 3.63) is 12.7 Å². The van der Waals surface area contributed by atoms with Gasteiger partial charge in [0, 0.05) is 0 Å². The SMILES string of the molecule is C=CCOCCN=C=S. The first-order valence-electron chi connectivity index (χ1n) is 2.64. The molecule has 0 heterocycles. The number of aliphatic imine (C=N–C) groups is 1. The van der Waals surface area contributed by atoms with Gasteiger partial charge in [-0.2, -0.15) is 0 Å². The van der Waals surface area contributed by atoms with Gasteiger partial charge in [0.2, 0.25) is 0 Å². The van der Waals surface area contributed by atoms with Crippen LogP contribution in [-0.4, -0.2) is 24.9 Å². The molecule has 0 amide bonds. The lowest BCUT2D eigenvalue weighted by Gasteiger charge is -1.93. The highest BCUT2D eigenvalue weighted by molar-refractivity contribution is 7.78. The van der Waals surface area contributed by atoms with Crippen molar-refractivity contribution in [2.75, 3.05) is 19.8 Å². The van der Waals surface area contributed by atoms with Gasteiger partial charge >= 0.3 is 0 Å². The Labute approximate surface area is 60.2 Å². The highest BCUT2D eigenvalue weighted by Crippen LogP contribution is 1.74. The molecule has 0 aromatic carbocycles. The van der Waals surface area contributed by atoms with Crippen LogP contribution in [0.1, 0.15) is 0 Å². The summed E-state index contributed by atoms with van der Waals surface area (Å²) in [6.07, 6.45) is 1.70. The Hall–Kier alpha value is -0.500. The van der Waals surface area contributed by atoms with Crippen LogP contribution in [-0.2, 0) is 4.74 Å². The number of isothiocyanates is 1. The van der Waals surface area contributed by atoms with E-state index in [9.17, 15) is 0 Å². The number of rotatable bonds is 5. The van der Waals surface area contributed by atoms with E-state index < -0.39 is 0 Å². The molecular weight excluding hydrogens is 134 g/mol. The number of nitrogens with zero attached hydrogens (tertiary/aromatic N) is 1. The largest absolute Gasteiger partial charge is 0.375 e. The van der Waals surface area contributed by atoms with Gasteiger partial charge in [0.05, 0.1) is 24.9 Å². The van der Waals surface area contributed by atoms with Gasteiger partial charge in [0.15, 0.2) is 0 Å². The maximum atomic E-state index is 4.99. The molecule has 0 unspecified atom stereocenters. The Kier molecular flexibility index (Phi) is 7.08. The van der Waals surface area contributed by atoms with E-state index >= 15 is 0 Å². The first-order chi connectivity index (χ1) is 4.41. The summed E-state index contributed by atoms with van der Waals surface area (Å²) < 4.78 is 4.99. The number of hydrogen-bond acceptors (Lipinski definition) is 3. The van der Waals surface area contributed by atoms with Gasteiger partial charge in [0.25, 0.3) is 0 Å². The molecule has 0 saturated carbocycles. The molecule has 0 radical (unpaired) electrons. The first kappa shape index (κ1) is 8.50. The predicted octanol–water partition coefficient (Wildman–Crippen LogP) is 1.29. The van der Waals surface area contributed by atoms with E-state index in [-0.39, 0.29) is 0 Å². The lowest BCUT2D eigenvalue weighted by molar-refractivity contribution is 0.171. The van der Waals surface area contributed by atoms with E-state index in [2.05, 4.69) is 29.0 Å². The monoisotopic (exact) mass is 143 g/mol. The smallest absolute Gasteiger partial charge is 0.0727 e. The lowest BCUT2D eigenvalue weighted by Crippen LogP contribution is -1.96. The summed E-state index contributed by atoms with van der Waals surface area (Å²) in [6.45, 7) is 5.25. The summed E-state index contributed by atoms with van der Waals surface area (Å²) >= 11 is 4.34. The molecule has 0 aliphatic rings. The Morgan fingerprint density at radius 3 is 3.11 bits per heavy atom. The molecule has 50 valence electrons. The fourth-order valence-corrected chi connectivity index (χ4v) is 0.414. The molecule has 0 bridgehead atoms. The fourth-order valence-electron chi connectivity index (χ4n) is 0.323. The summed E-state index contributed by atoms with van der Waals surface area (Å²) in [7, 11) is 0. The number of thiocarbonyl (C=S) groups is 1. The highest BCUT2D eigenvalue weighted by atomic mass is 32.1. The van der Waals surface area contributed by atoms with Crippen LogP contribution >= 0.6 is 12.2 Å². The van der Waals surface area contributed by atoms with E-state index in [1.807, 2.05) is 0 Å². The van der Waals surface area contributed by atoms with Crippen molar-refractivity contribution >= 4 is 17.4 Å². The van der Waals surface area contributed by atoms with Crippen LogP contribution in [0.4, 0.5) is 0 Å². The van der Waals surface area contributed by atoms with Crippen molar-refractivity contribution < 1.29 is 4.74 Å². The van der Waals surface area contributed by atoms with E-state index in [1.165, 1.54) is 0 Å². The second-order valence-corrected chi connectivity index (χ2v) is 1.52. The Balaban J connectivity index is 2.90. The van der Waals surface area contributed by atoms with E-state index in [0.717, 1.165) is 0 Å². The van der Waals surface area contributed by atoms with Crippen LogP contribution in [0.25, 0.3) is 0 Å². The molecule has 2 nitrogen and oxygen atoms in total. The van der Waals surface area contributed by atoms with Crippen LogP contribution in [0.15, 0.2) is 17.6 Å². The van der Waals surface area contributed by atoms with Crippen LogP contribution < -0.4 is 0 Å². The summed E-state index contributed by atoms with van der Waals surface area (Å²) in [5.74, 6) is 0. The van der Waals surface area contributed by atoms with E-state index in [1.54, 1.807) is 6.08 Å². The molecule has 0 aliphatic heterocycles. The predicted molar refractivity (Wildman–Crippen MR) is 40.9 cm³/mol. The van der Waals surface area contributed by atoms with E-state index in [0.29, 0.717) is 19.8 Å². The average molecular weight is 143 g/mol. The minimum Gasteiger partial charge on any atom is -0.375 e. The van der Waals surface area contributed by atoms with Gasteiger partial charge in [0.1, 0.15) is 0 Å². The van der Waals surface area contributed by atoms with Gasteiger partial charge in [-0.15, -0.1) is 6.58 Å². The molecule has 0 aromatic rings. The third kappa shape index (κ3) is 7.50. The molecule has 9 heavy (non-hydrogen) atoms. The Morgan fingerprint density at radius 2 is 2.56 bits per heavy atom. The van der Waals surface area contributed by atoms with Crippen LogP contribution in [0, 0.1) is 0 Å². The number of ether oxygens (including phenoxy) is 1. The second kappa shape index (κ2) is 7.50. The molecule has 0 aromatic heterocycles. The standard InChI is InChI=1S/C6H9NOS/c1-2-4-8-5-3-7-6-9/h2H,1,3-5H2. The molecule has 0 spiro atoms. The molecular formula is C6H9NOS. The second-order valence-electron chi connectivity index (χ2n) is 1.34. The van der Waals surface area contributed by atoms with Crippen molar-refractivity contribution in [1.29, 1.82) is 0 Å². The van der Waals surface area contributed by atoms with Crippen LogP contribution in [0.3, 0.4) is 0 Å². The summed E-state index contributed by atoms with van der Waals surface area (Å²) in [5, 5.41) is 2.25. The van der Waals surface area contributed by atoms with Gasteiger partial charge in [-0.3, -0.25) is 0 Å². The molecule has 0 aliphatic carbocycles. The zero-order chi connectivity index (χ0) is 6.95. The van der Waals surface area contributed by atoms with Gasteiger partial charge < -0.3 is 4.74 Å². The zero-order valence-electron chi connectivity index (χ0n) is 5.17. The molecule has 0 N–H and O–H groups in total. The third-order valence-corrected chi connectivity index (χ3v) is 0.777. The maximum Gasteiger partial charge on any atom is 0.0727 e. The molecule has 0 rings (SSSR count). The normalized spacial score (nSPS) is 8.00. The van der Waals surface area contributed by atoms with Crippen molar-refractivity contribution in [1.82, 2.24) is 0 Å². The quantitative estimate of drug-likeness (QED) is 0.250. The summed E-state index contributed by atoms with van der Waals surface area (Å²) in [5.41, 5.74) is 0. The fraction of sp³-hybridized carbons (Fsp3) is 0.500. The highest BCUT2D eigenvalue weighted by Gasteiger charge is 1.78. The summed E-state index contributed by atoms with van der Waals surface area (Å²) in [4.78, 5) is 3.65. The summed E-state index contributed by atoms with van der Waals surface area (Å²) in [6, 6.07) is 0. The molecule has 0 saturated heterocycles. The minimum absolute atomic E-state index is 0.576. The number of hydrogen-bond donors (Lipinski definition) is 0. The van der Waals surface area contributed by atoms with Gasteiger partial charge in [-0.25, -0.2) is 4.99 Å². The van der Waals surface area contributed by atoms with E-state index in [4.69, 9.17) is 4.74 Å². The van der Waals surface area contributed by atoms with Crippen molar-refractivity contribution in [3.8, 4) is 0 Å². The zero-order valence-corrected chi connectivity index (χ0v) is 5.99. The maximum absolute atomic E-state index is 4.99. The van der Waals surface area contributed by atoms with Gasteiger partial charge in [-0.1, -0.05) is 6.08 Å². The Morgan fingerprint density at radius 1 is 1.78 bits per heavy atom. The Bertz CT molecular complexity index is 118. The topological polar surface area (TPSA) is 21.6 Å². The third-order valence-electron chi connectivity index (χ3n) is 0.648. The van der Waals surface area contributed by atoms with Crippen molar-refractivity contribution in [2.24, 2.45) is 4.99 Å². The molecule has 3 heteroatoms. The minimum atomic E-state index is 0.576. The van der Waals surface area contributed by atoms with Crippen LogP contribution in [0.2, 0.25) is 0 Å². The first-order valence-corrected chi connectivity index (χ1v) is 3.05. The molecule has 0 fully saturated rings. The van der Waals surface area contributed by atoms with Crippen molar-refractivity contribution in [3.63, 3.8) is 0 Å². The average Bonchev–Trinajstić information content (AvgIpc) is 1.89. The van der Waals surface area contributed by atoms with Crippen LogP contribution in [0.5, 0.6) is 0 Å². The van der Waals surface area contributed by atoms with Gasteiger partial charge in [-0.05, 0) is 12.2 Å². The lowest BCUT2D eigenvalue weighted by atomic mass is 10.6.